The first-order chi connectivity index (χ1) is 5.88. The molecule has 1 aromatic heterocycles. The van der Waals surface area contributed by atoms with Gasteiger partial charge in [0, 0.05) is 13.5 Å². The van der Waals surface area contributed by atoms with E-state index in [1.54, 1.807) is 13.1 Å². The molecule has 0 aromatic carbocycles. The van der Waals surface area contributed by atoms with E-state index in [1.807, 2.05) is 20.8 Å². The number of hydrogen-bond donors (Lipinski definition) is 0. The van der Waals surface area contributed by atoms with Gasteiger partial charge in [-0.2, -0.15) is 5.10 Å². The third-order valence-electron chi connectivity index (χ3n) is 1.62. The van der Waals surface area contributed by atoms with Crippen molar-refractivity contribution in [3.8, 4) is 0 Å². The van der Waals surface area contributed by atoms with E-state index in [9.17, 15) is 4.79 Å². The zero-order valence-electron chi connectivity index (χ0n) is 8.59. The summed E-state index contributed by atoms with van der Waals surface area (Å²) in [4.78, 5) is 11.6. The van der Waals surface area contributed by atoms with E-state index < -0.39 is 0 Å². The molecule has 0 amide bonds. The van der Waals surface area contributed by atoms with E-state index in [1.165, 1.54) is 4.68 Å². The number of carbonyl (C=O) groups is 1. The second-order valence-electron chi connectivity index (χ2n) is 4.44. The van der Waals surface area contributed by atoms with Crippen LogP contribution in [0.5, 0.6) is 0 Å². The lowest BCUT2D eigenvalue weighted by Crippen LogP contribution is -2.13. The Hall–Kier alpha value is -1.12. The van der Waals surface area contributed by atoms with Crippen LogP contribution in [0.15, 0.2) is 6.07 Å². The topological polar surface area (TPSA) is 34.9 Å². The fraction of sp³-hybridized carbons (Fsp3) is 0.600. The lowest BCUT2D eigenvalue weighted by atomic mass is 9.89. The highest BCUT2D eigenvalue weighted by Crippen LogP contribution is 2.20. The molecule has 1 aromatic rings. The van der Waals surface area contributed by atoms with Gasteiger partial charge in [-0.1, -0.05) is 20.8 Å². The number of rotatable bonds is 2. The average Bonchev–Trinajstić information content (AvgIpc) is 2.31. The van der Waals surface area contributed by atoms with Gasteiger partial charge in [0.15, 0.2) is 5.78 Å². The fourth-order valence-corrected chi connectivity index (χ4v) is 1.08. The van der Waals surface area contributed by atoms with Crippen LogP contribution in [0.4, 0.5) is 0 Å². The summed E-state index contributed by atoms with van der Waals surface area (Å²) >= 11 is 0. The Morgan fingerprint density at radius 1 is 1.62 bits per heavy atom. The highest BCUT2D eigenvalue weighted by molar-refractivity contribution is 5.94. The zero-order valence-corrected chi connectivity index (χ0v) is 8.59. The SMILES string of the molecule is Cn1[c]cc(C(=O)CC(C)(C)C)n1. The van der Waals surface area contributed by atoms with Crippen LogP contribution in [-0.2, 0) is 7.05 Å². The molecule has 0 saturated heterocycles. The monoisotopic (exact) mass is 179 g/mol. The van der Waals surface area contributed by atoms with Crippen LogP contribution in [0, 0.1) is 11.6 Å². The second kappa shape index (κ2) is 3.32. The van der Waals surface area contributed by atoms with Crippen molar-refractivity contribution in [1.29, 1.82) is 0 Å². The molecule has 3 nitrogen and oxygen atoms in total. The summed E-state index contributed by atoms with van der Waals surface area (Å²) in [5.74, 6) is 0.0874. The van der Waals surface area contributed by atoms with Crippen LogP contribution in [0.3, 0.4) is 0 Å². The van der Waals surface area contributed by atoms with E-state index in [4.69, 9.17) is 0 Å². The van der Waals surface area contributed by atoms with Gasteiger partial charge in [-0.25, -0.2) is 0 Å². The first kappa shape index (κ1) is 9.96. The van der Waals surface area contributed by atoms with Gasteiger partial charge in [-0.05, 0) is 11.5 Å². The van der Waals surface area contributed by atoms with Crippen molar-refractivity contribution in [1.82, 2.24) is 9.78 Å². The quantitative estimate of drug-likeness (QED) is 0.649. The Balaban J connectivity index is 2.70. The van der Waals surface area contributed by atoms with Crippen LogP contribution in [-0.4, -0.2) is 15.6 Å². The molecule has 0 unspecified atom stereocenters. The Morgan fingerprint density at radius 2 is 2.23 bits per heavy atom. The lowest BCUT2D eigenvalue weighted by Gasteiger charge is -2.15. The van der Waals surface area contributed by atoms with Crippen LogP contribution in [0.1, 0.15) is 37.7 Å². The minimum atomic E-state index is 0.0224. The van der Waals surface area contributed by atoms with Gasteiger partial charge in [0.2, 0.25) is 0 Å². The highest BCUT2D eigenvalue weighted by Gasteiger charge is 2.18. The standard InChI is InChI=1S/C10H15N2O/c1-10(2,3)7-9(13)8-5-6-12(4)11-8/h5H,7H2,1-4H3. The number of hydrogen-bond acceptors (Lipinski definition) is 2. The van der Waals surface area contributed by atoms with Gasteiger partial charge in [0.05, 0.1) is 6.20 Å². The lowest BCUT2D eigenvalue weighted by molar-refractivity contribution is 0.0934. The van der Waals surface area contributed by atoms with Crippen molar-refractivity contribution >= 4 is 5.78 Å². The molecule has 1 heterocycles. The molecule has 0 spiro atoms. The third kappa shape index (κ3) is 3.01. The van der Waals surface area contributed by atoms with E-state index in [0.29, 0.717) is 12.1 Å². The van der Waals surface area contributed by atoms with Gasteiger partial charge in [-0.3, -0.25) is 9.48 Å². The second-order valence-corrected chi connectivity index (χ2v) is 4.44. The maximum atomic E-state index is 11.6. The van der Waals surface area contributed by atoms with Gasteiger partial charge in [0.25, 0.3) is 0 Å². The molecule has 0 aliphatic heterocycles. The Kier molecular flexibility index (Phi) is 2.55. The van der Waals surface area contributed by atoms with Crippen LogP contribution in [0.25, 0.3) is 0 Å². The van der Waals surface area contributed by atoms with Crippen molar-refractivity contribution in [2.45, 2.75) is 27.2 Å². The Morgan fingerprint density at radius 3 is 2.62 bits per heavy atom. The summed E-state index contributed by atoms with van der Waals surface area (Å²) in [6, 6.07) is 1.63. The highest BCUT2D eigenvalue weighted by atomic mass is 16.1. The molecule has 0 aliphatic carbocycles. The molecule has 1 rings (SSSR count). The molecule has 1 radical (unpaired) electrons. The summed E-state index contributed by atoms with van der Waals surface area (Å²) in [5.41, 5.74) is 0.534. The van der Waals surface area contributed by atoms with Gasteiger partial charge in [-0.15, -0.1) is 0 Å². The summed E-state index contributed by atoms with van der Waals surface area (Å²) in [6.07, 6.45) is 3.35. The van der Waals surface area contributed by atoms with Crippen molar-refractivity contribution in [2.24, 2.45) is 12.5 Å². The number of aryl methyl sites for hydroxylation is 1. The summed E-state index contributed by atoms with van der Waals surface area (Å²) < 4.78 is 1.52. The molecule has 0 atom stereocenters. The maximum absolute atomic E-state index is 11.6. The molecule has 0 N–H and O–H groups in total. The number of aromatic nitrogens is 2. The predicted octanol–water partition coefficient (Wildman–Crippen LogP) is 1.84. The number of nitrogens with zero attached hydrogens (tertiary/aromatic N) is 2. The van der Waals surface area contributed by atoms with Crippen molar-refractivity contribution < 1.29 is 4.79 Å². The normalized spacial score (nSPS) is 11.7. The van der Waals surface area contributed by atoms with Crippen molar-refractivity contribution in [3.05, 3.63) is 18.0 Å². The number of carbonyl (C=O) groups excluding carboxylic acids is 1. The molecule has 13 heavy (non-hydrogen) atoms. The molecular formula is C10H15N2O. The number of ketones is 1. The molecule has 0 bridgehead atoms. The minimum absolute atomic E-state index is 0.0224. The van der Waals surface area contributed by atoms with Crippen LogP contribution >= 0.6 is 0 Å². The van der Waals surface area contributed by atoms with E-state index in [2.05, 4.69) is 11.3 Å². The average molecular weight is 179 g/mol. The Labute approximate surface area is 78.8 Å². The first-order valence-corrected chi connectivity index (χ1v) is 4.33. The molecule has 0 fully saturated rings. The van der Waals surface area contributed by atoms with Crippen LogP contribution < -0.4 is 0 Å². The van der Waals surface area contributed by atoms with Gasteiger partial charge in [0.1, 0.15) is 5.69 Å². The maximum Gasteiger partial charge on any atom is 0.183 e. The first-order valence-electron chi connectivity index (χ1n) is 4.33. The molecule has 0 aliphatic rings. The van der Waals surface area contributed by atoms with Crippen molar-refractivity contribution in [2.75, 3.05) is 0 Å². The Bertz CT molecular complexity index is 307. The zero-order chi connectivity index (χ0) is 10.1. The fourth-order valence-electron chi connectivity index (χ4n) is 1.08. The van der Waals surface area contributed by atoms with E-state index >= 15 is 0 Å². The van der Waals surface area contributed by atoms with Crippen LogP contribution in [0.2, 0.25) is 0 Å². The van der Waals surface area contributed by atoms with E-state index in [0.717, 1.165) is 0 Å². The largest absolute Gasteiger partial charge is 0.292 e. The summed E-state index contributed by atoms with van der Waals surface area (Å²) in [7, 11) is 1.76. The van der Waals surface area contributed by atoms with Gasteiger partial charge < -0.3 is 0 Å². The minimum Gasteiger partial charge on any atom is -0.292 e. The van der Waals surface area contributed by atoms with E-state index in [-0.39, 0.29) is 11.2 Å². The summed E-state index contributed by atoms with van der Waals surface area (Å²) in [6.45, 7) is 6.12. The summed E-state index contributed by atoms with van der Waals surface area (Å²) in [5, 5.41) is 4.01. The van der Waals surface area contributed by atoms with Crippen molar-refractivity contribution in [3.63, 3.8) is 0 Å². The predicted molar refractivity (Wildman–Crippen MR) is 50.4 cm³/mol. The molecule has 71 valence electrons. The smallest absolute Gasteiger partial charge is 0.183 e. The molecule has 0 saturated carbocycles. The van der Waals surface area contributed by atoms with Gasteiger partial charge >= 0.3 is 0 Å². The molecular weight excluding hydrogens is 164 g/mol. The third-order valence-corrected chi connectivity index (χ3v) is 1.62. The molecule has 3 heteroatoms. The number of Topliss-reactive ketones (excluding diaryl/α,β-unsaturated/α-hetero) is 1.